The zero-order chi connectivity index (χ0) is 17.1. The first-order chi connectivity index (χ1) is 11.3. The van der Waals surface area contributed by atoms with Gasteiger partial charge in [0.05, 0.1) is 12.1 Å². The van der Waals surface area contributed by atoms with Crippen molar-refractivity contribution in [3.8, 4) is 0 Å². The molecular formula is C20H29NO3. The molecule has 0 spiro atoms. The second kappa shape index (κ2) is 5.35. The van der Waals surface area contributed by atoms with Crippen molar-refractivity contribution in [2.24, 2.45) is 28.6 Å². The van der Waals surface area contributed by atoms with E-state index < -0.39 is 6.09 Å². The van der Waals surface area contributed by atoms with Gasteiger partial charge >= 0.3 is 6.09 Å². The van der Waals surface area contributed by atoms with Gasteiger partial charge in [-0.15, -0.1) is 0 Å². The third-order valence-corrected chi connectivity index (χ3v) is 7.92. The molecular weight excluding hydrogens is 302 g/mol. The molecule has 0 radical (unpaired) electrons. The summed E-state index contributed by atoms with van der Waals surface area (Å²) in [6.45, 7) is 4.65. The maximum Gasteiger partial charge on any atom is 0.405 e. The molecule has 4 aliphatic carbocycles. The number of nitrogens with one attached hydrogen (secondary N) is 1. The highest BCUT2D eigenvalue weighted by atomic mass is 16.4. The van der Waals surface area contributed by atoms with Crippen LogP contribution < -0.4 is 5.32 Å². The first-order valence-corrected chi connectivity index (χ1v) is 9.42. The molecule has 0 heterocycles. The molecule has 1 amide bonds. The topological polar surface area (TPSA) is 69.6 Å². The summed E-state index contributed by atoms with van der Waals surface area (Å²) >= 11 is 0. The lowest BCUT2D eigenvalue weighted by molar-refractivity contribution is -0.0617. The van der Waals surface area contributed by atoms with E-state index in [9.17, 15) is 9.90 Å². The third kappa shape index (κ3) is 2.18. The smallest absolute Gasteiger partial charge is 0.405 e. The molecule has 4 heteroatoms. The Labute approximate surface area is 144 Å². The second-order valence-corrected chi connectivity index (χ2v) is 8.86. The predicted molar refractivity (Wildman–Crippen MR) is 92.6 cm³/mol. The number of fused-ring (bicyclic) bond motifs is 5. The van der Waals surface area contributed by atoms with Crippen LogP contribution in [-0.4, -0.2) is 28.5 Å². The van der Waals surface area contributed by atoms with Crippen LogP contribution in [0.1, 0.15) is 52.4 Å². The summed E-state index contributed by atoms with van der Waals surface area (Å²) in [5, 5.41) is 22.0. The van der Waals surface area contributed by atoms with Gasteiger partial charge < -0.3 is 15.5 Å². The van der Waals surface area contributed by atoms with Crippen molar-refractivity contribution in [3.63, 3.8) is 0 Å². The van der Waals surface area contributed by atoms with Gasteiger partial charge in [-0.2, -0.15) is 0 Å². The van der Waals surface area contributed by atoms with Gasteiger partial charge in [0.1, 0.15) is 0 Å². The average Bonchev–Trinajstić information content (AvgIpc) is 2.83. The lowest BCUT2D eigenvalue weighted by atomic mass is 9.48. The van der Waals surface area contributed by atoms with Gasteiger partial charge in [-0.25, -0.2) is 4.79 Å². The molecule has 2 unspecified atom stereocenters. The van der Waals surface area contributed by atoms with Gasteiger partial charge in [-0.05, 0) is 61.7 Å². The minimum atomic E-state index is -0.966. The number of aliphatic hydroxyl groups is 1. The summed E-state index contributed by atoms with van der Waals surface area (Å²) in [4.78, 5) is 10.9. The fourth-order valence-corrected chi connectivity index (χ4v) is 6.54. The number of amides is 1. The minimum Gasteiger partial charge on any atom is -0.465 e. The lowest BCUT2D eigenvalue weighted by Crippen LogP contribution is -2.51. The van der Waals surface area contributed by atoms with Crippen LogP contribution in [0.25, 0.3) is 0 Å². The molecule has 0 aromatic heterocycles. The minimum absolute atomic E-state index is 0.0640. The van der Waals surface area contributed by atoms with E-state index in [1.54, 1.807) is 0 Å². The Morgan fingerprint density at radius 1 is 1.21 bits per heavy atom. The maximum absolute atomic E-state index is 10.9. The number of hydrogen-bond donors (Lipinski definition) is 3. The summed E-state index contributed by atoms with van der Waals surface area (Å²) in [5.74, 6) is 1.97. The quantitative estimate of drug-likeness (QED) is 0.641. The van der Waals surface area contributed by atoms with Crippen molar-refractivity contribution >= 4 is 6.09 Å². The lowest BCUT2D eigenvalue weighted by Gasteiger charge is -2.57. The van der Waals surface area contributed by atoms with E-state index in [0.717, 1.165) is 19.3 Å². The molecule has 24 heavy (non-hydrogen) atoms. The highest BCUT2D eigenvalue weighted by Gasteiger charge is 2.58. The Hall–Kier alpha value is -1.29. The molecule has 0 aliphatic heterocycles. The molecule has 0 aromatic carbocycles. The largest absolute Gasteiger partial charge is 0.465 e. The zero-order valence-corrected chi connectivity index (χ0v) is 14.7. The second-order valence-electron chi connectivity index (χ2n) is 8.86. The van der Waals surface area contributed by atoms with Gasteiger partial charge in [0.2, 0.25) is 0 Å². The Morgan fingerprint density at radius 3 is 2.75 bits per heavy atom. The number of carboxylic acid groups (broad SMARTS) is 1. The average molecular weight is 331 g/mol. The van der Waals surface area contributed by atoms with Crippen LogP contribution >= 0.6 is 0 Å². The number of carbonyl (C=O) groups is 1. The monoisotopic (exact) mass is 331 g/mol. The van der Waals surface area contributed by atoms with E-state index in [4.69, 9.17) is 5.11 Å². The predicted octanol–water partition coefficient (Wildman–Crippen LogP) is 3.72. The van der Waals surface area contributed by atoms with Crippen molar-refractivity contribution in [2.75, 3.05) is 0 Å². The van der Waals surface area contributed by atoms with Crippen molar-refractivity contribution in [1.29, 1.82) is 0 Å². The maximum atomic E-state index is 10.9. The Bertz CT molecular complexity index is 612. The van der Waals surface area contributed by atoms with Gasteiger partial charge in [0, 0.05) is 5.41 Å². The van der Waals surface area contributed by atoms with Crippen LogP contribution in [-0.2, 0) is 0 Å². The fourth-order valence-electron chi connectivity index (χ4n) is 6.54. The highest BCUT2D eigenvalue weighted by Crippen LogP contribution is 2.64. The number of aliphatic hydroxyl groups excluding tert-OH is 1. The van der Waals surface area contributed by atoms with Crippen LogP contribution in [0.15, 0.2) is 23.8 Å². The molecule has 0 aromatic rings. The summed E-state index contributed by atoms with van der Waals surface area (Å²) in [6.07, 6.45) is 12.0. The van der Waals surface area contributed by atoms with Crippen LogP contribution in [0.4, 0.5) is 4.79 Å². The molecule has 3 N–H and O–H groups in total. The Kier molecular flexibility index (Phi) is 3.61. The molecule has 7 atom stereocenters. The van der Waals surface area contributed by atoms with Crippen LogP contribution in [0, 0.1) is 28.6 Å². The van der Waals surface area contributed by atoms with E-state index in [0.29, 0.717) is 17.8 Å². The van der Waals surface area contributed by atoms with Gasteiger partial charge in [0.25, 0.3) is 0 Å². The first kappa shape index (κ1) is 16.2. The number of allylic oxidation sites excluding steroid dienone is 2. The number of hydrogen-bond acceptors (Lipinski definition) is 2. The third-order valence-electron chi connectivity index (χ3n) is 7.92. The van der Waals surface area contributed by atoms with Crippen LogP contribution in [0.5, 0.6) is 0 Å². The van der Waals surface area contributed by atoms with E-state index in [-0.39, 0.29) is 23.0 Å². The Morgan fingerprint density at radius 2 is 2.00 bits per heavy atom. The Balaban J connectivity index is 1.61. The van der Waals surface area contributed by atoms with Gasteiger partial charge in [-0.1, -0.05) is 37.6 Å². The van der Waals surface area contributed by atoms with E-state index in [1.165, 1.54) is 24.8 Å². The molecule has 0 bridgehead atoms. The molecule has 132 valence electrons. The van der Waals surface area contributed by atoms with Crippen molar-refractivity contribution < 1.29 is 15.0 Å². The number of rotatable bonds is 1. The van der Waals surface area contributed by atoms with Crippen molar-refractivity contribution in [2.45, 2.75) is 64.5 Å². The normalized spacial score (nSPS) is 49.6. The molecule has 3 fully saturated rings. The highest BCUT2D eigenvalue weighted by molar-refractivity contribution is 5.66. The first-order valence-electron chi connectivity index (χ1n) is 9.42. The summed E-state index contributed by atoms with van der Waals surface area (Å²) < 4.78 is 0. The molecule has 0 saturated heterocycles. The zero-order valence-electron chi connectivity index (χ0n) is 14.7. The summed E-state index contributed by atoms with van der Waals surface area (Å²) in [6, 6.07) is -0.190. The van der Waals surface area contributed by atoms with Crippen molar-refractivity contribution in [1.82, 2.24) is 5.32 Å². The molecule has 4 aliphatic rings. The van der Waals surface area contributed by atoms with E-state index >= 15 is 0 Å². The van der Waals surface area contributed by atoms with Gasteiger partial charge in [0.15, 0.2) is 0 Å². The molecule has 4 rings (SSSR count). The SMILES string of the molecule is C[C@]12C=CC(NC(=O)O)C=C1CC[C@@H]1[C@H]2CC[C@]2(C)C(O)CC[C@@H]12. The summed E-state index contributed by atoms with van der Waals surface area (Å²) in [5.41, 5.74) is 1.59. The van der Waals surface area contributed by atoms with E-state index in [2.05, 4.69) is 31.3 Å². The standard InChI is InChI=1S/C20H29NO3/c1-19-9-7-13(21-18(23)24)11-12(19)3-4-14-15-5-6-17(22)20(15,2)10-8-16(14)19/h7,9,11,13-17,21-22H,3-6,8,10H2,1-2H3,(H,23,24)/t13?,14-,15-,16+,17?,19-,20-/m0/s1. The van der Waals surface area contributed by atoms with Gasteiger partial charge in [-0.3, -0.25) is 0 Å². The molecule has 4 nitrogen and oxygen atoms in total. The van der Waals surface area contributed by atoms with Crippen LogP contribution in [0.3, 0.4) is 0 Å². The van der Waals surface area contributed by atoms with Crippen LogP contribution in [0.2, 0.25) is 0 Å². The summed E-state index contributed by atoms with van der Waals surface area (Å²) in [7, 11) is 0. The fraction of sp³-hybridized carbons (Fsp3) is 0.750. The van der Waals surface area contributed by atoms with E-state index in [1.807, 2.05) is 6.08 Å². The van der Waals surface area contributed by atoms with Crippen molar-refractivity contribution in [3.05, 3.63) is 23.8 Å². The molecule has 3 saturated carbocycles.